The summed E-state index contributed by atoms with van der Waals surface area (Å²) in [5.41, 5.74) is -0.518. The molecule has 0 saturated heterocycles. The van der Waals surface area contributed by atoms with E-state index in [1.54, 1.807) is 32.0 Å². The number of fused-ring (bicyclic) bond motifs is 2. The van der Waals surface area contributed by atoms with Crippen LogP contribution in [0.1, 0.15) is 52.7 Å². The molecule has 0 fully saturated rings. The SMILES string of the molecule is CC(=O)OC(C)(C)[C@H]1Oc2cc3oc(=O)ccc3cc2[C@H]1OC(=O)CC(C)C. The minimum absolute atomic E-state index is 0.139. The zero-order valence-electron chi connectivity index (χ0n) is 16.6. The highest BCUT2D eigenvalue weighted by atomic mass is 16.6. The number of carbonyl (C=O) groups excluding carboxylic acids is 2. The lowest BCUT2D eigenvalue weighted by molar-refractivity contribution is -0.176. The third-order valence-corrected chi connectivity index (χ3v) is 4.51. The van der Waals surface area contributed by atoms with E-state index in [9.17, 15) is 14.4 Å². The summed E-state index contributed by atoms with van der Waals surface area (Å²) < 4.78 is 22.4. The van der Waals surface area contributed by atoms with Crippen molar-refractivity contribution in [2.45, 2.75) is 58.8 Å². The molecule has 0 bridgehead atoms. The monoisotopic (exact) mass is 388 g/mol. The summed E-state index contributed by atoms with van der Waals surface area (Å²) in [6.45, 7) is 8.57. The highest BCUT2D eigenvalue weighted by Gasteiger charge is 2.48. The fourth-order valence-electron chi connectivity index (χ4n) is 3.38. The molecule has 28 heavy (non-hydrogen) atoms. The van der Waals surface area contributed by atoms with Gasteiger partial charge in [-0.2, -0.15) is 0 Å². The number of ether oxygens (including phenoxy) is 3. The van der Waals surface area contributed by atoms with E-state index in [0.29, 0.717) is 22.3 Å². The van der Waals surface area contributed by atoms with Crippen molar-refractivity contribution in [1.29, 1.82) is 0 Å². The third kappa shape index (κ3) is 4.03. The van der Waals surface area contributed by atoms with Crippen LogP contribution in [0.4, 0.5) is 0 Å². The Hall–Kier alpha value is -2.83. The van der Waals surface area contributed by atoms with Gasteiger partial charge in [-0.05, 0) is 31.9 Å². The van der Waals surface area contributed by atoms with Gasteiger partial charge in [-0.25, -0.2) is 4.79 Å². The minimum atomic E-state index is -1.05. The molecule has 1 aliphatic heterocycles. The van der Waals surface area contributed by atoms with Crippen molar-refractivity contribution in [2.24, 2.45) is 5.92 Å². The fraction of sp³-hybridized carbons (Fsp3) is 0.476. The first kappa shape index (κ1) is 19.9. The number of esters is 2. The van der Waals surface area contributed by atoms with E-state index in [0.717, 1.165) is 0 Å². The highest BCUT2D eigenvalue weighted by Crippen LogP contribution is 2.45. The van der Waals surface area contributed by atoms with Gasteiger partial charge in [0, 0.05) is 36.4 Å². The van der Waals surface area contributed by atoms with E-state index in [2.05, 4.69) is 0 Å². The average Bonchev–Trinajstić information content (AvgIpc) is 2.89. The van der Waals surface area contributed by atoms with Crippen LogP contribution >= 0.6 is 0 Å². The van der Waals surface area contributed by atoms with Crippen molar-refractivity contribution in [2.75, 3.05) is 0 Å². The summed E-state index contributed by atoms with van der Waals surface area (Å²) in [4.78, 5) is 35.4. The second-order valence-corrected chi connectivity index (χ2v) is 7.93. The second kappa shape index (κ2) is 7.30. The molecule has 0 spiro atoms. The molecule has 1 aromatic heterocycles. The van der Waals surface area contributed by atoms with Gasteiger partial charge in [-0.3, -0.25) is 9.59 Å². The van der Waals surface area contributed by atoms with E-state index in [1.165, 1.54) is 13.0 Å². The van der Waals surface area contributed by atoms with E-state index in [4.69, 9.17) is 18.6 Å². The van der Waals surface area contributed by atoms with Crippen molar-refractivity contribution < 1.29 is 28.2 Å². The van der Waals surface area contributed by atoms with Crippen molar-refractivity contribution >= 4 is 22.9 Å². The Morgan fingerprint density at radius 1 is 1.21 bits per heavy atom. The van der Waals surface area contributed by atoms with Gasteiger partial charge in [0.25, 0.3) is 0 Å². The number of carbonyl (C=O) groups is 2. The third-order valence-electron chi connectivity index (χ3n) is 4.51. The Bertz CT molecular complexity index is 970. The van der Waals surface area contributed by atoms with Crippen LogP contribution in [0.2, 0.25) is 0 Å². The maximum atomic E-state index is 12.4. The Labute approximate surface area is 162 Å². The summed E-state index contributed by atoms with van der Waals surface area (Å²) in [5, 5.41) is 0.679. The molecule has 2 aromatic rings. The molecule has 150 valence electrons. The molecule has 3 rings (SSSR count). The summed E-state index contributed by atoms with van der Waals surface area (Å²) in [7, 11) is 0. The number of hydrogen-bond acceptors (Lipinski definition) is 7. The number of rotatable bonds is 5. The molecule has 1 aromatic carbocycles. The van der Waals surface area contributed by atoms with Gasteiger partial charge in [0.1, 0.15) is 16.9 Å². The quantitative estimate of drug-likeness (QED) is 0.571. The largest absolute Gasteiger partial charge is 0.481 e. The molecule has 1 aliphatic rings. The normalized spacial score (nSPS) is 18.6. The molecule has 0 aliphatic carbocycles. The molecule has 2 heterocycles. The van der Waals surface area contributed by atoms with E-state index < -0.39 is 29.4 Å². The summed E-state index contributed by atoms with van der Waals surface area (Å²) >= 11 is 0. The van der Waals surface area contributed by atoms with E-state index in [-0.39, 0.29) is 18.3 Å². The van der Waals surface area contributed by atoms with Gasteiger partial charge < -0.3 is 18.6 Å². The zero-order chi connectivity index (χ0) is 20.6. The van der Waals surface area contributed by atoms with Gasteiger partial charge >= 0.3 is 17.6 Å². The molecular weight excluding hydrogens is 364 g/mol. The van der Waals surface area contributed by atoms with Crippen molar-refractivity contribution in [1.82, 2.24) is 0 Å². The lowest BCUT2D eigenvalue weighted by Crippen LogP contribution is -2.46. The van der Waals surface area contributed by atoms with Gasteiger partial charge in [0.15, 0.2) is 12.2 Å². The van der Waals surface area contributed by atoms with Crippen molar-refractivity contribution in [3.8, 4) is 5.75 Å². The Morgan fingerprint density at radius 3 is 2.57 bits per heavy atom. The van der Waals surface area contributed by atoms with Crippen LogP contribution in [0, 0.1) is 5.92 Å². The first-order valence-electron chi connectivity index (χ1n) is 9.20. The maximum absolute atomic E-state index is 12.4. The molecule has 7 heteroatoms. The van der Waals surface area contributed by atoms with Crippen molar-refractivity contribution in [3.63, 3.8) is 0 Å². The lowest BCUT2D eigenvalue weighted by Gasteiger charge is -2.33. The van der Waals surface area contributed by atoms with E-state index in [1.807, 2.05) is 13.8 Å². The Morgan fingerprint density at radius 2 is 1.93 bits per heavy atom. The molecule has 0 N–H and O–H groups in total. The molecular formula is C21H24O7. The smallest absolute Gasteiger partial charge is 0.336 e. The first-order chi connectivity index (χ1) is 13.1. The van der Waals surface area contributed by atoms with Gasteiger partial charge in [0.05, 0.1) is 0 Å². The van der Waals surface area contributed by atoms with Gasteiger partial charge in [0.2, 0.25) is 0 Å². The molecule has 0 amide bonds. The summed E-state index contributed by atoms with van der Waals surface area (Å²) in [6.07, 6.45) is -1.24. The van der Waals surface area contributed by atoms with Crippen LogP contribution in [0.3, 0.4) is 0 Å². The predicted molar refractivity (Wildman–Crippen MR) is 101 cm³/mol. The summed E-state index contributed by atoms with van der Waals surface area (Å²) in [5.74, 6) is -0.262. The molecule has 0 radical (unpaired) electrons. The standard InChI is InChI=1S/C21H24O7/c1-11(2)8-18(24)27-19-14-9-13-6-7-17(23)25-15(13)10-16(14)26-20(19)21(4,5)28-12(3)22/h6-7,9-11,19-20H,8H2,1-5H3/t19-,20+/m1/s1. The average molecular weight is 388 g/mol. The van der Waals surface area contributed by atoms with Crippen LogP contribution in [-0.4, -0.2) is 23.6 Å². The minimum Gasteiger partial charge on any atom is -0.481 e. The molecule has 0 saturated carbocycles. The van der Waals surface area contributed by atoms with Gasteiger partial charge in [-0.1, -0.05) is 13.8 Å². The Balaban J connectivity index is 2.04. The highest BCUT2D eigenvalue weighted by molar-refractivity contribution is 5.80. The van der Waals surface area contributed by atoms with Gasteiger partial charge in [-0.15, -0.1) is 0 Å². The second-order valence-electron chi connectivity index (χ2n) is 7.93. The molecule has 0 unspecified atom stereocenters. The lowest BCUT2D eigenvalue weighted by atomic mass is 9.93. The number of benzene rings is 1. The molecule has 7 nitrogen and oxygen atoms in total. The predicted octanol–water partition coefficient (Wildman–Crippen LogP) is 3.53. The van der Waals surface area contributed by atoms with Crippen LogP contribution in [0.15, 0.2) is 33.5 Å². The van der Waals surface area contributed by atoms with Crippen LogP contribution < -0.4 is 10.4 Å². The number of hydrogen-bond donors (Lipinski definition) is 0. The maximum Gasteiger partial charge on any atom is 0.336 e. The fourth-order valence-corrected chi connectivity index (χ4v) is 3.38. The zero-order valence-corrected chi connectivity index (χ0v) is 16.6. The molecule has 2 atom stereocenters. The van der Waals surface area contributed by atoms with Crippen LogP contribution in [-0.2, 0) is 19.1 Å². The topological polar surface area (TPSA) is 92.0 Å². The first-order valence-corrected chi connectivity index (χ1v) is 9.20. The van der Waals surface area contributed by atoms with Crippen LogP contribution in [0.5, 0.6) is 5.75 Å². The summed E-state index contributed by atoms with van der Waals surface area (Å²) in [6, 6.07) is 6.33. The van der Waals surface area contributed by atoms with Crippen molar-refractivity contribution in [3.05, 3.63) is 40.2 Å². The Kier molecular flexibility index (Phi) is 5.19. The van der Waals surface area contributed by atoms with Crippen LogP contribution in [0.25, 0.3) is 11.0 Å². The van der Waals surface area contributed by atoms with E-state index >= 15 is 0 Å².